The molecule has 2 rings (SSSR count). The highest BCUT2D eigenvalue weighted by atomic mass is 32.2. The van der Waals surface area contributed by atoms with E-state index in [1.807, 2.05) is 0 Å². The molecule has 0 atom stereocenters. The third kappa shape index (κ3) is 5.21. The van der Waals surface area contributed by atoms with Crippen LogP contribution in [0, 0.1) is 12.7 Å². The van der Waals surface area contributed by atoms with Gasteiger partial charge in [-0.05, 0) is 31.2 Å². The Bertz CT molecular complexity index is 773. The Balaban J connectivity index is 2.21. The van der Waals surface area contributed by atoms with Crippen molar-refractivity contribution in [3.63, 3.8) is 0 Å². The van der Waals surface area contributed by atoms with Crippen LogP contribution in [0.25, 0.3) is 0 Å². The molecule has 0 saturated heterocycles. The second-order valence-electron chi connectivity index (χ2n) is 5.26. The number of rotatable bonds is 7. The summed E-state index contributed by atoms with van der Waals surface area (Å²) >= 11 is 1.35. The first kappa shape index (κ1) is 20.2. The molecule has 0 aliphatic rings. The summed E-state index contributed by atoms with van der Waals surface area (Å²) in [5.41, 5.74) is 1.29. The first-order valence-corrected chi connectivity index (χ1v) is 8.31. The number of nitrogens with zero attached hydrogens (tertiary/aromatic N) is 3. The van der Waals surface area contributed by atoms with Crippen LogP contribution in [0.3, 0.4) is 0 Å². The molecule has 0 radical (unpaired) electrons. The van der Waals surface area contributed by atoms with E-state index < -0.39 is 12.1 Å². The van der Waals surface area contributed by atoms with Gasteiger partial charge in [-0.15, -0.1) is 0 Å². The predicted molar refractivity (Wildman–Crippen MR) is 86.6 cm³/mol. The van der Waals surface area contributed by atoms with E-state index in [9.17, 15) is 22.7 Å². The smallest absolute Gasteiger partial charge is 0.419 e. The van der Waals surface area contributed by atoms with Gasteiger partial charge in [-0.3, -0.25) is 9.67 Å². The van der Waals surface area contributed by atoms with Crippen LogP contribution in [0.5, 0.6) is 0 Å². The SMILES string of the molecule is COCc1c(Sc2ccc(F)cc2)c(C)nn1CCN=C([O-])C(F)(F)F. The molecule has 0 bridgehead atoms. The minimum absolute atomic E-state index is 0.00529. The number of benzene rings is 1. The van der Waals surface area contributed by atoms with Crippen LogP contribution < -0.4 is 5.11 Å². The van der Waals surface area contributed by atoms with E-state index in [1.165, 1.54) is 35.7 Å². The first-order valence-electron chi connectivity index (χ1n) is 7.49. The van der Waals surface area contributed by atoms with E-state index in [-0.39, 0.29) is 25.5 Å². The molecule has 0 spiro atoms. The summed E-state index contributed by atoms with van der Waals surface area (Å²) in [5, 5.41) is 15.1. The molecule has 0 aliphatic heterocycles. The summed E-state index contributed by atoms with van der Waals surface area (Å²) in [4.78, 5) is 4.56. The number of hydrogen-bond acceptors (Lipinski definition) is 5. The lowest BCUT2D eigenvalue weighted by molar-refractivity contribution is -0.262. The Morgan fingerprint density at radius 3 is 2.54 bits per heavy atom. The molecule has 1 heterocycles. The highest BCUT2D eigenvalue weighted by Gasteiger charge is 2.27. The van der Waals surface area contributed by atoms with Gasteiger partial charge in [0, 0.05) is 12.0 Å². The maximum Gasteiger partial charge on any atom is 0.419 e. The number of aromatic nitrogens is 2. The molecule has 2 aromatic rings. The molecular formula is C16H16F4N3O2S-. The minimum atomic E-state index is -4.97. The van der Waals surface area contributed by atoms with Crippen LogP contribution in [0.2, 0.25) is 0 Å². The molecule has 0 fully saturated rings. The zero-order valence-electron chi connectivity index (χ0n) is 14.0. The molecule has 1 aromatic carbocycles. The zero-order valence-corrected chi connectivity index (χ0v) is 14.8. The van der Waals surface area contributed by atoms with Crippen molar-refractivity contribution in [2.45, 2.75) is 36.0 Å². The van der Waals surface area contributed by atoms with E-state index >= 15 is 0 Å². The Kier molecular flexibility index (Phi) is 6.65. The molecule has 0 amide bonds. The number of halogens is 4. The summed E-state index contributed by atoms with van der Waals surface area (Å²) in [5.74, 6) is -2.47. The number of methoxy groups -OCH3 is 1. The average Bonchev–Trinajstić information content (AvgIpc) is 2.85. The average molecular weight is 390 g/mol. The maximum atomic E-state index is 13.0. The predicted octanol–water partition coefficient (Wildman–Crippen LogP) is 2.95. The van der Waals surface area contributed by atoms with Gasteiger partial charge in [0.25, 0.3) is 0 Å². The summed E-state index contributed by atoms with van der Waals surface area (Å²) in [6, 6.07) is 5.90. The van der Waals surface area contributed by atoms with E-state index in [0.717, 1.165) is 9.79 Å². The van der Waals surface area contributed by atoms with E-state index in [4.69, 9.17) is 4.74 Å². The molecule has 26 heavy (non-hydrogen) atoms. The van der Waals surface area contributed by atoms with Crippen molar-refractivity contribution in [1.82, 2.24) is 9.78 Å². The summed E-state index contributed by atoms with van der Waals surface area (Å²) in [6.07, 6.45) is -4.97. The molecular weight excluding hydrogens is 374 g/mol. The van der Waals surface area contributed by atoms with Crippen molar-refractivity contribution in [2.75, 3.05) is 13.7 Å². The van der Waals surface area contributed by atoms with Gasteiger partial charge >= 0.3 is 6.18 Å². The van der Waals surface area contributed by atoms with Gasteiger partial charge in [0.05, 0.1) is 41.9 Å². The number of aliphatic imine (C=N–C) groups is 1. The summed E-state index contributed by atoms with van der Waals surface area (Å²) in [6.45, 7) is 1.58. The van der Waals surface area contributed by atoms with Crippen LogP contribution >= 0.6 is 11.8 Å². The number of aryl methyl sites for hydroxylation is 1. The van der Waals surface area contributed by atoms with Gasteiger partial charge in [-0.25, -0.2) is 4.39 Å². The molecule has 0 unspecified atom stereocenters. The van der Waals surface area contributed by atoms with Crippen molar-refractivity contribution in [3.8, 4) is 0 Å². The van der Waals surface area contributed by atoms with E-state index in [2.05, 4.69) is 10.1 Å². The van der Waals surface area contributed by atoms with Crippen LogP contribution in [-0.4, -0.2) is 35.5 Å². The molecule has 0 aliphatic carbocycles. The fraction of sp³-hybridized carbons (Fsp3) is 0.375. The highest BCUT2D eigenvalue weighted by Crippen LogP contribution is 2.33. The third-order valence-electron chi connectivity index (χ3n) is 3.30. The van der Waals surface area contributed by atoms with Crippen molar-refractivity contribution < 1.29 is 27.4 Å². The fourth-order valence-electron chi connectivity index (χ4n) is 2.16. The number of alkyl halides is 3. The van der Waals surface area contributed by atoms with E-state index in [0.29, 0.717) is 11.4 Å². The quantitative estimate of drug-likeness (QED) is 0.414. The molecule has 0 N–H and O–H groups in total. The fourth-order valence-corrected chi connectivity index (χ4v) is 3.14. The second kappa shape index (κ2) is 8.54. The number of ether oxygens (including phenoxy) is 1. The van der Waals surface area contributed by atoms with Gasteiger partial charge in [-0.1, -0.05) is 11.8 Å². The van der Waals surface area contributed by atoms with Gasteiger partial charge < -0.3 is 9.84 Å². The Morgan fingerprint density at radius 2 is 1.96 bits per heavy atom. The highest BCUT2D eigenvalue weighted by molar-refractivity contribution is 7.99. The lowest BCUT2D eigenvalue weighted by Gasteiger charge is -2.14. The largest absolute Gasteiger partial charge is 0.856 e. The van der Waals surface area contributed by atoms with Gasteiger partial charge in [0.1, 0.15) is 5.82 Å². The molecule has 5 nitrogen and oxygen atoms in total. The molecule has 10 heteroatoms. The monoisotopic (exact) mass is 390 g/mol. The summed E-state index contributed by atoms with van der Waals surface area (Å²) in [7, 11) is 1.48. The van der Waals surface area contributed by atoms with Gasteiger partial charge in [-0.2, -0.15) is 18.3 Å². The molecule has 0 saturated carbocycles. The normalized spacial score (nSPS) is 12.6. The molecule has 142 valence electrons. The van der Waals surface area contributed by atoms with Crippen molar-refractivity contribution in [1.29, 1.82) is 0 Å². The van der Waals surface area contributed by atoms with Crippen molar-refractivity contribution in [2.24, 2.45) is 4.99 Å². The Labute approximate surface area is 151 Å². The van der Waals surface area contributed by atoms with Crippen LogP contribution in [0.1, 0.15) is 11.4 Å². The summed E-state index contributed by atoms with van der Waals surface area (Å²) < 4.78 is 56.2. The van der Waals surface area contributed by atoms with Crippen LogP contribution in [0.4, 0.5) is 17.6 Å². The van der Waals surface area contributed by atoms with Gasteiger partial charge in [0.2, 0.25) is 0 Å². The van der Waals surface area contributed by atoms with Gasteiger partial charge in [0.15, 0.2) is 0 Å². The first-order chi connectivity index (χ1) is 12.2. The minimum Gasteiger partial charge on any atom is -0.856 e. The topological polar surface area (TPSA) is 62.5 Å². The lowest BCUT2D eigenvalue weighted by Crippen LogP contribution is -2.35. The van der Waals surface area contributed by atoms with Crippen molar-refractivity contribution >= 4 is 17.7 Å². The second-order valence-corrected chi connectivity index (χ2v) is 6.34. The maximum absolute atomic E-state index is 13.0. The van der Waals surface area contributed by atoms with Crippen LogP contribution in [-0.2, 0) is 17.9 Å². The lowest BCUT2D eigenvalue weighted by atomic mass is 10.3. The van der Waals surface area contributed by atoms with Crippen molar-refractivity contribution in [3.05, 3.63) is 41.5 Å². The van der Waals surface area contributed by atoms with E-state index in [1.54, 1.807) is 19.1 Å². The van der Waals surface area contributed by atoms with Crippen LogP contribution in [0.15, 0.2) is 39.0 Å². The molecule has 1 aromatic heterocycles. The number of hydrogen-bond donors (Lipinski definition) is 0. The standard InChI is InChI=1S/C16H17F4N3O2S/c1-10-14(26-12-5-3-11(17)4-6-12)13(9-25-2)23(22-10)8-7-21-15(24)16(18,19)20/h3-6H,7-9H2,1-2H3,(H,21,24)/p-1. The third-order valence-corrected chi connectivity index (χ3v) is 4.54. The Morgan fingerprint density at radius 1 is 1.31 bits per heavy atom. The Hall–Kier alpha value is -2.07. The zero-order chi connectivity index (χ0) is 19.3.